The van der Waals surface area contributed by atoms with Gasteiger partial charge in [-0.15, -0.1) is 0 Å². The Morgan fingerprint density at radius 3 is 2.47 bits per heavy atom. The van der Waals surface area contributed by atoms with Crippen LogP contribution in [0, 0.1) is 5.92 Å². The van der Waals surface area contributed by atoms with Crippen LogP contribution < -0.4 is 4.74 Å². The van der Waals surface area contributed by atoms with Crippen LogP contribution in [0.4, 0.5) is 0 Å². The molecule has 1 atom stereocenters. The SMILES string of the molecule is CCC(Cc1ccc(OCC(=O)O)cc1)C(=S)OC. The Morgan fingerprint density at radius 2 is 2.00 bits per heavy atom. The van der Waals surface area contributed by atoms with Crippen LogP contribution in [0.1, 0.15) is 18.9 Å². The van der Waals surface area contributed by atoms with Gasteiger partial charge in [0.25, 0.3) is 0 Å². The summed E-state index contributed by atoms with van der Waals surface area (Å²) in [5, 5.41) is 9.13. The number of benzene rings is 1. The first-order valence-corrected chi connectivity index (χ1v) is 6.49. The molecule has 0 aliphatic rings. The Hall–Kier alpha value is -1.62. The largest absolute Gasteiger partial charge is 0.490 e. The van der Waals surface area contributed by atoms with Gasteiger partial charge < -0.3 is 14.6 Å². The first-order valence-electron chi connectivity index (χ1n) is 6.08. The second kappa shape index (κ2) is 7.74. The van der Waals surface area contributed by atoms with E-state index in [1.165, 1.54) is 0 Å². The maximum absolute atomic E-state index is 10.4. The Bertz CT molecular complexity index is 428. The lowest BCUT2D eigenvalue weighted by atomic mass is 9.97. The third-order valence-electron chi connectivity index (χ3n) is 2.80. The minimum absolute atomic E-state index is 0.214. The molecule has 19 heavy (non-hydrogen) atoms. The highest BCUT2D eigenvalue weighted by molar-refractivity contribution is 7.80. The lowest BCUT2D eigenvalue weighted by Crippen LogP contribution is -2.16. The summed E-state index contributed by atoms with van der Waals surface area (Å²) in [5.41, 5.74) is 1.12. The highest BCUT2D eigenvalue weighted by Crippen LogP contribution is 2.18. The van der Waals surface area contributed by atoms with Crippen LogP contribution in [0.3, 0.4) is 0 Å². The monoisotopic (exact) mass is 282 g/mol. The standard InChI is InChI=1S/C14H18O4S/c1-3-11(14(19)17-2)8-10-4-6-12(7-5-10)18-9-13(15)16/h4-7,11H,3,8-9H2,1-2H3,(H,15,16). The lowest BCUT2D eigenvalue weighted by molar-refractivity contribution is -0.139. The molecule has 1 N–H and O–H groups in total. The predicted octanol–water partition coefficient (Wildman–Crippen LogP) is 2.69. The van der Waals surface area contributed by atoms with Crippen molar-refractivity contribution >= 4 is 23.2 Å². The number of thiocarbonyl (C=S) groups is 1. The normalized spacial score (nSPS) is 11.7. The van der Waals surface area contributed by atoms with E-state index >= 15 is 0 Å². The van der Waals surface area contributed by atoms with Crippen molar-refractivity contribution in [2.75, 3.05) is 13.7 Å². The van der Waals surface area contributed by atoms with Gasteiger partial charge in [-0.3, -0.25) is 0 Å². The van der Waals surface area contributed by atoms with E-state index in [-0.39, 0.29) is 12.5 Å². The van der Waals surface area contributed by atoms with Gasteiger partial charge in [0.1, 0.15) is 5.75 Å². The summed E-state index contributed by atoms with van der Waals surface area (Å²) in [7, 11) is 1.59. The topological polar surface area (TPSA) is 55.8 Å². The van der Waals surface area contributed by atoms with Crippen molar-refractivity contribution < 1.29 is 19.4 Å². The first kappa shape index (κ1) is 15.4. The molecule has 104 valence electrons. The molecule has 0 aliphatic heterocycles. The van der Waals surface area contributed by atoms with E-state index in [1.807, 2.05) is 12.1 Å². The second-order valence-electron chi connectivity index (χ2n) is 4.16. The molecule has 4 nitrogen and oxygen atoms in total. The molecule has 0 heterocycles. The van der Waals surface area contributed by atoms with Crippen LogP contribution in [0.5, 0.6) is 5.75 Å². The van der Waals surface area contributed by atoms with Gasteiger partial charge in [-0.2, -0.15) is 0 Å². The van der Waals surface area contributed by atoms with Crippen LogP contribution in [0.2, 0.25) is 0 Å². The number of aliphatic carboxylic acids is 1. The zero-order valence-corrected chi connectivity index (χ0v) is 11.9. The molecule has 1 rings (SSSR count). The fourth-order valence-corrected chi connectivity index (χ4v) is 1.96. The first-order chi connectivity index (χ1) is 9.06. The molecule has 1 aromatic carbocycles. The molecule has 0 spiro atoms. The highest BCUT2D eigenvalue weighted by Gasteiger charge is 2.13. The third kappa shape index (κ3) is 5.26. The molecule has 0 aromatic heterocycles. The summed E-state index contributed by atoms with van der Waals surface area (Å²) in [4.78, 5) is 10.4. The van der Waals surface area contributed by atoms with Gasteiger partial charge in [0.2, 0.25) is 0 Å². The third-order valence-corrected chi connectivity index (χ3v) is 3.30. The van der Waals surface area contributed by atoms with Crippen molar-refractivity contribution in [3.63, 3.8) is 0 Å². The molecule has 0 saturated heterocycles. The Labute approximate surface area is 118 Å². The minimum atomic E-state index is -0.986. The van der Waals surface area contributed by atoms with E-state index in [2.05, 4.69) is 6.92 Å². The number of hydrogen-bond acceptors (Lipinski definition) is 4. The average molecular weight is 282 g/mol. The van der Waals surface area contributed by atoms with Gasteiger partial charge in [0.05, 0.1) is 7.11 Å². The number of ether oxygens (including phenoxy) is 2. The van der Waals surface area contributed by atoms with E-state index in [9.17, 15) is 4.79 Å². The second-order valence-corrected chi connectivity index (χ2v) is 4.56. The molecular formula is C14H18O4S. The van der Waals surface area contributed by atoms with Gasteiger partial charge in [-0.25, -0.2) is 4.79 Å². The maximum Gasteiger partial charge on any atom is 0.341 e. The number of hydrogen-bond donors (Lipinski definition) is 1. The number of carboxylic acid groups (broad SMARTS) is 1. The predicted molar refractivity (Wildman–Crippen MR) is 76.7 cm³/mol. The molecule has 0 fully saturated rings. The van der Waals surface area contributed by atoms with Crippen LogP contribution in [-0.4, -0.2) is 29.8 Å². The number of carboxylic acids is 1. The smallest absolute Gasteiger partial charge is 0.341 e. The summed E-state index contributed by atoms with van der Waals surface area (Å²) in [6, 6.07) is 7.36. The zero-order chi connectivity index (χ0) is 14.3. The van der Waals surface area contributed by atoms with Crippen molar-refractivity contribution in [1.29, 1.82) is 0 Å². The Morgan fingerprint density at radius 1 is 1.37 bits per heavy atom. The molecule has 0 saturated carbocycles. The van der Waals surface area contributed by atoms with E-state index in [0.717, 1.165) is 18.4 Å². The zero-order valence-electron chi connectivity index (χ0n) is 11.1. The van der Waals surface area contributed by atoms with Crippen molar-refractivity contribution in [3.05, 3.63) is 29.8 Å². The fraction of sp³-hybridized carbons (Fsp3) is 0.429. The summed E-state index contributed by atoms with van der Waals surface area (Å²) < 4.78 is 10.2. The minimum Gasteiger partial charge on any atom is -0.490 e. The quantitative estimate of drug-likeness (QED) is 0.779. The molecule has 1 aromatic rings. The van der Waals surface area contributed by atoms with E-state index in [4.69, 9.17) is 26.8 Å². The number of methoxy groups -OCH3 is 1. The average Bonchev–Trinajstić information content (AvgIpc) is 2.42. The molecular weight excluding hydrogens is 264 g/mol. The summed E-state index contributed by atoms with van der Waals surface area (Å²) in [5.74, 6) is -0.222. The summed E-state index contributed by atoms with van der Waals surface area (Å²) in [6.07, 6.45) is 1.73. The van der Waals surface area contributed by atoms with Gasteiger partial charge in [0.15, 0.2) is 11.7 Å². The molecule has 0 aliphatic carbocycles. The van der Waals surface area contributed by atoms with Crippen LogP contribution in [0.25, 0.3) is 0 Å². The van der Waals surface area contributed by atoms with Gasteiger partial charge in [-0.1, -0.05) is 19.1 Å². The van der Waals surface area contributed by atoms with E-state index < -0.39 is 5.97 Å². The van der Waals surface area contributed by atoms with Crippen molar-refractivity contribution in [2.45, 2.75) is 19.8 Å². The van der Waals surface area contributed by atoms with Crippen molar-refractivity contribution in [1.82, 2.24) is 0 Å². The maximum atomic E-state index is 10.4. The Balaban J connectivity index is 2.60. The van der Waals surface area contributed by atoms with Crippen LogP contribution in [-0.2, 0) is 16.0 Å². The van der Waals surface area contributed by atoms with Crippen molar-refractivity contribution in [2.24, 2.45) is 5.92 Å². The number of carbonyl (C=O) groups is 1. The Kier molecular flexibility index (Phi) is 6.29. The van der Waals surface area contributed by atoms with Crippen LogP contribution in [0.15, 0.2) is 24.3 Å². The number of rotatable bonds is 7. The highest BCUT2D eigenvalue weighted by atomic mass is 32.1. The van der Waals surface area contributed by atoms with E-state index in [0.29, 0.717) is 10.8 Å². The van der Waals surface area contributed by atoms with Gasteiger partial charge >= 0.3 is 5.97 Å². The van der Waals surface area contributed by atoms with Crippen LogP contribution >= 0.6 is 12.2 Å². The van der Waals surface area contributed by atoms with Gasteiger partial charge in [-0.05, 0) is 42.8 Å². The molecule has 5 heteroatoms. The summed E-state index contributed by atoms with van der Waals surface area (Å²) >= 11 is 5.16. The molecule has 0 radical (unpaired) electrons. The molecule has 0 amide bonds. The fourth-order valence-electron chi connectivity index (χ4n) is 1.71. The summed E-state index contributed by atoms with van der Waals surface area (Å²) in [6.45, 7) is 1.74. The van der Waals surface area contributed by atoms with Crippen molar-refractivity contribution in [3.8, 4) is 5.75 Å². The van der Waals surface area contributed by atoms with Gasteiger partial charge in [0, 0.05) is 5.92 Å². The van der Waals surface area contributed by atoms with E-state index in [1.54, 1.807) is 19.2 Å². The molecule has 1 unspecified atom stereocenters. The lowest BCUT2D eigenvalue weighted by Gasteiger charge is -2.15. The molecule has 0 bridgehead atoms.